The predicted octanol–water partition coefficient (Wildman–Crippen LogP) is 9.43. The first-order chi connectivity index (χ1) is 29.9. The molecule has 8 rings (SSSR count). The fourth-order valence-electron chi connectivity index (χ4n) is 10.0. The van der Waals surface area contributed by atoms with E-state index in [2.05, 4.69) is 74.6 Å². The van der Waals surface area contributed by atoms with Crippen molar-refractivity contribution < 1.29 is 33.2 Å². The van der Waals surface area contributed by atoms with Crippen LogP contribution in [0.5, 0.6) is 5.75 Å². The molecular formula is C51H54BFN2O6Si. The van der Waals surface area contributed by atoms with Crippen molar-refractivity contribution in [3.05, 3.63) is 162 Å². The number of rotatable bonds is 13. The summed E-state index contributed by atoms with van der Waals surface area (Å²) in [5.41, 5.74) is 5.81. The van der Waals surface area contributed by atoms with Gasteiger partial charge in [-0.3, -0.25) is 14.5 Å². The van der Waals surface area contributed by atoms with E-state index in [1.54, 1.807) is 18.2 Å². The van der Waals surface area contributed by atoms with E-state index < -0.39 is 50.9 Å². The SMILES string of the molecule is CC/C(=C\c1ccc(O)c(F)c1)CC[C@H]1OB(O)C[C@H]2C1=C(CO[Si](c1ccccc1)(c1ccccc1)C(C)(C)C)C[C@H]1C(=O)N(c3ccc(Nc4ccccc4)cc3)C(=O)[C@H]12. The Bertz CT molecular complexity index is 2420. The second-order valence-electron chi connectivity index (χ2n) is 17.7. The lowest BCUT2D eigenvalue weighted by Gasteiger charge is -2.46. The number of phenolic OH excluding ortho intramolecular Hbond substituents is 1. The van der Waals surface area contributed by atoms with Gasteiger partial charge in [0, 0.05) is 11.4 Å². The van der Waals surface area contributed by atoms with Crippen molar-refractivity contribution in [2.24, 2.45) is 17.8 Å². The molecule has 3 N–H and O–H groups in total. The largest absolute Gasteiger partial charge is 0.505 e. The molecule has 5 aromatic rings. The molecule has 0 spiro atoms. The fourth-order valence-corrected chi connectivity index (χ4v) is 14.6. The topological polar surface area (TPSA) is 108 Å². The third kappa shape index (κ3) is 8.47. The number of carbonyl (C=O) groups is 2. The second-order valence-corrected chi connectivity index (χ2v) is 22.0. The number of benzene rings is 5. The van der Waals surface area contributed by atoms with E-state index in [0.29, 0.717) is 36.9 Å². The minimum atomic E-state index is -3.03. The maximum atomic E-state index is 14.7. The Labute approximate surface area is 365 Å². The van der Waals surface area contributed by atoms with Crippen LogP contribution in [0.15, 0.2) is 150 Å². The molecule has 1 aliphatic carbocycles. The number of amides is 2. The summed E-state index contributed by atoms with van der Waals surface area (Å²) in [5, 5.41) is 26.5. The molecule has 318 valence electrons. The number of hydrogen-bond acceptors (Lipinski definition) is 7. The Kier molecular flexibility index (Phi) is 12.5. The van der Waals surface area contributed by atoms with Gasteiger partial charge in [0.2, 0.25) is 11.8 Å². The van der Waals surface area contributed by atoms with E-state index in [9.17, 15) is 24.1 Å². The maximum absolute atomic E-state index is 14.7. The standard InChI is InChI=1S/C51H54BFN2O6Si/c1-5-34(29-35-21-27-45(56)44(53)30-35)22-28-46-47-36(33-60-62(51(2,3)4,40-17-11-7-12-18-40)41-19-13-8-14-20-41)31-42-48(43(47)32-52(59)61-46)50(58)55(49(42)57)39-25-23-38(24-26-39)54-37-15-9-6-10-16-37/h6-21,23-27,29-30,42-43,46,48,54,56,59H,5,22,28,31-33H2,1-4H3/b34-29+/t42-,43+,46-,48-/m1/s1. The van der Waals surface area contributed by atoms with Crippen LogP contribution in [-0.2, 0) is 18.7 Å². The van der Waals surface area contributed by atoms with Crippen molar-refractivity contribution in [1.29, 1.82) is 0 Å². The average molecular weight is 849 g/mol. The molecule has 4 atom stereocenters. The molecule has 11 heteroatoms. The van der Waals surface area contributed by atoms with E-state index >= 15 is 0 Å². The fraction of sp³-hybridized carbons (Fsp3) is 0.294. The summed E-state index contributed by atoms with van der Waals surface area (Å²) >= 11 is 0. The van der Waals surface area contributed by atoms with Crippen LogP contribution in [0, 0.1) is 23.6 Å². The van der Waals surface area contributed by atoms with Crippen LogP contribution in [-0.4, -0.2) is 50.1 Å². The molecule has 2 amide bonds. The highest BCUT2D eigenvalue weighted by Crippen LogP contribution is 2.52. The molecule has 0 bridgehead atoms. The van der Waals surface area contributed by atoms with Gasteiger partial charge < -0.3 is 24.5 Å². The minimum Gasteiger partial charge on any atom is -0.505 e. The molecule has 0 radical (unpaired) electrons. The molecule has 2 saturated heterocycles. The zero-order valence-electron chi connectivity index (χ0n) is 35.8. The van der Waals surface area contributed by atoms with E-state index in [0.717, 1.165) is 38.5 Å². The molecule has 2 aliphatic heterocycles. The molecule has 2 heterocycles. The summed E-state index contributed by atoms with van der Waals surface area (Å²) in [6.07, 6.45) is 3.62. The van der Waals surface area contributed by atoms with Gasteiger partial charge in [0.05, 0.1) is 30.2 Å². The number of hydrogen-bond donors (Lipinski definition) is 3. The van der Waals surface area contributed by atoms with Gasteiger partial charge in [0.25, 0.3) is 8.32 Å². The quantitative estimate of drug-likeness (QED) is 0.0616. The van der Waals surface area contributed by atoms with Crippen LogP contribution >= 0.6 is 0 Å². The van der Waals surface area contributed by atoms with Crippen molar-refractivity contribution in [3.63, 3.8) is 0 Å². The van der Waals surface area contributed by atoms with E-state index in [4.69, 9.17) is 9.08 Å². The van der Waals surface area contributed by atoms with E-state index in [1.807, 2.05) is 67.6 Å². The summed E-state index contributed by atoms with van der Waals surface area (Å²) in [6.45, 7) is 8.96. The number of aromatic hydroxyl groups is 1. The van der Waals surface area contributed by atoms with Gasteiger partial charge in [-0.15, -0.1) is 0 Å². The van der Waals surface area contributed by atoms with E-state index in [-0.39, 0.29) is 29.8 Å². The van der Waals surface area contributed by atoms with Crippen molar-refractivity contribution in [3.8, 4) is 5.75 Å². The number of imide groups is 1. The highest BCUT2D eigenvalue weighted by molar-refractivity contribution is 6.99. The Balaban J connectivity index is 1.17. The summed E-state index contributed by atoms with van der Waals surface area (Å²) in [5.74, 6) is -3.39. The number of nitrogens with one attached hydrogen (secondary N) is 1. The third-order valence-electron chi connectivity index (χ3n) is 12.9. The highest BCUT2D eigenvalue weighted by atomic mass is 28.4. The smallest absolute Gasteiger partial charge is 0.455 e. The number of nitrogens with zero attached hydrogens (tertiary/aromatic N) is 1. The Morgan fingerprint density at radius 1 is 0.871 bits per heavy atom. The molecular weight excluding hydrogens is 794 g/mol. The summed E-state index contributed by atoms with van der Waals surface area (Å²) in [4.78, 5) is 30.8. The summed E-state index contributed by atoms with van der Waals surface area (Å²) in [6, 6.07) is 42.3. The number of phenols is 1. The van der Waals surface area contributed by atoms with Crippen LogP contribution < -0.4 is 20.6 Å². The Morgan fingerprint density at radius 3 is 2.08 bits per heavy atom. The highest BCUT2D eigenvalue weighted by Gasteiger charge is 2.58. The van der Waals surface area contributed by atoms with Crippen LogP contribution in [0.3, 0.4) is 0 Å². The zero-order chi connectivity index (χ0) is 43.6. The van der Waals surface area contributed by atoms with E-state index in [1.165, 1.54) is 17.0 Å². The van der Waals surface area contributed by atoms with Crippen molar-refractivity contribution in [1.82, 2.24) is 0 Å². The molecule has 0 unspecified atom stereocenters. The number of fused-ring (bicyclic) bond motifs is 3. The monoisotopic (exact) mass is 848 g/mol. The molecule has 5 aromatic carbocycles. The number of carbonyl (C=O) groups excluding carboxylic acids is 2. The summed E-state index contributed by atoms with van der Waals surface area (Å²) < 4.78 is 28.3. The van der Waals surface area contributed by atoms with Crippen molar-refractivity contribution >= 4 is 60.8 Å². The van der Waals surface area contributed by atoms with Gasteiger partial charge in [-0.1, -0.05) is 124 Å². The predicted molar refractivity (Wildman–Crippen MR) is 248 cm³/mol. The van der Waals surface area contributed by atoms with Gasteiger partial charge in [0.15, 0.2) is 11.6 Å². The van der Waals surface area contributed by atoms with Crippen LogP contribution in [0.4, 0.5) is 21.5 Å². The molecule has 0 aromatic heterocycles. The van der Waals surface area contributed by atoms with Gasteiger partial charge in [-0.25, -0.2) is 4.39 Å². The molecule has 62 heavy (non-hydrogen) atoms. The minimum absolute atomic E-state index is 0.172. The lowest BCUT2D eigenvalue weighted by molar-refractivity contribution is -0.122. The molecule has 3 aliphatic rings. The lowest BCUT2D eigenvalue weighted by atomic mass is 9.58. The lowest BCUT2D eigenvalue weighted by Crippen LogP contribution is -2.66. The second kappa shape index (κ2) is 18.0. The first-order valence-electron chi connectivity index (χ1n) is 21.7. The first kappa shape index (κ1) is 43.1. The normalized spacial score (nSPS) is 20.6. The number of para-hydroxylation sites is 1. The van der Waals surface area contributed by atoms with Gasteiger partial charge in [0.1, 0.15) is 0 Å². The Morgan fingerprint density at radius 2 is 1.48 bits per heavy atom. The Hall–Kier alpha value is -5.59. The molecule has 8 nitrogen and oxygen atoms in total. The van der Waals surface area contributed by atoms with Crippen LogP contribution in [0.1, 0.15) is 58.9 Å². The average Bonchev–Trinajstić information content (AvgIpc) is 3.52. The number of halogens is 1. The third-order valence-corrected chi connectivity index (χ3v) is 17.9. The first-order valence-corrected chi connectivity index (χ1v) is 23.6. The van der Waals surface area contributed by atoms with Gasteiger partial charge in [-0.05, 0) is 119 Å². The maximum Gasteiger partial charge on any atom is 0.455 e. The molecule has 0 saturated carbocycles. The van der Waals surface area contributed by atoms with Crippen molar-refractivity contribution in [2.75, 3.05) is 16.8 Å². The van der Waals surface area contributed by atoms with Crippen LogP contribution in [0.2, 0.25) is 11.4 Å². The molecule has 2 fully saturated rings. The number of allylic oxidation sites excluding steroid dienone is 1. The summed E-state index contributed by atoms with van der Waals surface area (Å²) in [7, 11) is -4.18. The van der Waals surface area contributed by atoms with Gasteiger partial charge >= 0.3 is 7.12 Å². The zero-order valence-corrected chi connectivity index (χ0v) is 36.8. The van der Waals surface area contributed by atoms with Crippen molar-refractivity contribution in [2.45, 2.75) is 70.8 Å². The van der Waals surface area contributed by atoms with Gasteiger partial charge in [-0.2, -0.15) is 0 Å². The number of anilines is 3. The van der Waals surface area contributed by atoms with Crippen LogP contribution in [0.25, 0.3) is 6.08 Å².